The number of halogens is 2. The van der Waals surface area contributed by atoms with Crippen LogP contribution in [0.2, 0.25) is 0 Å². The summed E-state index contributed by atoms with van der Waals surface area (Å²) in [6, 6.07) is 24.7. The first-order valence-electron chi connectivity index (χ1n) is 5.62. The summed E-state index contributed by atoms with van der Waals surface area (Å²) in [7, 11) is 9.87. The van der Waals surface area contributed by atoms with Crippen LogP contribution in [0.15, 0.2) is 86.0 Å². The zero-order chi connectivity index (χ0) is 14.3. The van der Waals surface area contributed by atoms with Gasteiger partial charge in [-0.05, 0) is 0 Å². The van der Waals surface area contributed by atoms with Gasteiger partial charge in [0, 0.05) is 0 Å². The van der Waals surface area contributed by atoms with Gasteiger partial charge in [-0.3, -0.25) is 0 Å². The van der Waals surface area contributed by atoms with E-state index in [9.17, 15) is 0 Å². The second-order valence-corrected chi connectivity index (χ2v) is 6.92. The Kier molecular flexibility index (Phi) is 13.4. The van der Waals surface area contributed by atoms with E-state index in [4.69, 9.17) is 17.0 Å². The van der Waals surface area contributed by atoms with Crippen molar-refractivity contribution in [3.63, 3.8) is 0 Å². The van der Waals surface area contributed by atoms with Crippen LogP contribution in [-0.2, 0) is 20.8 Å². The average molecular weight is 370 g/mol. The summed E-state index contributed by atoms with van der Waals surface area (Å²) in [5.41, 5.74) is 0. The summed E-state index contributed by atoms with van der Waals surface area (Å²) in [4.78, 5) is 0. The van der Waals surface area contributed by atoms with Crippen LogP contribution in [0, 0.1) is 0 Å². The summed E-state index contributed by atoms with van der Waals surface area (Å²) in [5, 5.41) is 2.66. The maximum absolute atomic E-state index is 4.93. The Morgan fingerprint density at radius 1 is 0.842 bits per heavy atom. The first-order valence-corrected chi connectivity index (χ1v) is 11.9. The Morgan fingerprint density at radius 3 is 1.89 bits per heavy atom. The SMILES string of the molecule is C=C.[Cl][Zr+2][Cl].c1cc[cH-]c1.c1ccc2[cH-]ccc2c1. The van der Waals surface area contributed by atoms with Crippen LogP contribution in [0.4, 0.5) is 0 Å². The molecular weight excluding hydrogens is 354 g/mol. The maximum atomic E-state index is 4.93. The predicted molar refractivity (Wildman–Crippen MR) is 84.5 cm³/mol. The Hall–Kier alpha value is -0.617. The third-order valence-electron chi connectivity index (χ3n) is 2.10. The topological polar surface area (TPSA) is 0 Å². The number of rotatable bonds is 0. The Morgan fingerprint density at radius 2 is 1.42 bits per heavy atom. The third kappa shape index (κ3) is 9.00. The van der Waals surface area contributed by atoms with Crippen LogP contribution in [0.3, 0.4) is 0 Å². The summed E-state index contributed by atoms with van der Waals surface area (Å²) in [5.74, 6) is 0. The van der Waals surface area contributed by atoms with E-state index in [2.05, 4.69) is 55.6 Å². The maximum Gasteiger partial charge on any atom is -0.0809 e. The van der Waals surface area contributed by atoms with Gasteiger partial charge in [0.15, 0.2) is 0 Å². The molecule has 0 N–H and O–H groups in total. The Balaban J connectivity index is 0.000000277. The van der Waals surface area contributed by atoms with Crippen LogP contribution in [0.1, 0.15) is 0 Å². The molecule has 0 aliphatic heterocycles. The zero-order valence-corrected chi connectivity index (χ0v) is 14.6. The molecule has 0 amide bonds. The minimum absolute atomic E-state index is 0.826. The van der Waals surface area contributed by atoms with Gasteiger partial charge in [-0.2, -0.15) is 35.7 Å². The molecule has 0 saturated heterocycles. The zero-order valence-electron chi connectivity index (χ0n) is 10.6. The van der Waals surface area contributed by atoms with Crippen molar-refractivity contribution in [2.24, 2.45) is 0 Å². The van der Waals surface area contributed by atoms with Gasteiger partial charge >= 0.3 is 37.9 Å². The molecule has 19 heavy (non-hydrogen) atoms. The van der Waals surface area contributed by atoms with Crippen molar-refractivity contribution >= 4 is 27.8 Å². The molecule has 0 atom stereocenters. The molecule has 0 aliphatic carbocycles. The number of hydrogen-bond donors (Lipinski definition) is 0. The Labute approximate surface area is 134 Å². The van der Waals surface area contributed by atoms with Crippen LogP contribution in [0.5, 0.6) is 0 Å². The first kappa shape index (κ1) is 18.4. The van der Waals surface area contributed by atoms with E-state index in [1.807, 2.05) is 30.3 Å². The molecule has 0 saturated carbocycles. The van der Waals surface area contributed by atoms with Gasteiger partial charge in [-0.1, -0.05) is 6.07 Å². The molecule has 3 aromatic carbocycles. The van der Waals surface area contributed by atoms with Gasteiger partial charge in [0.05, 0.1) is 0 Å². The fourth-order valence-electron chi connectivity index (χ4n) is 1.39. The fourth-order valence-corrected chi connectivity index (χ4v) is 1.39. The average Bonchev–Trinajstić information content (AvgIpc) is 3.16. The van der Waals surface area contributed by atoms with E-state index >= 15 is 0 Å². The fraction of sp³-hybridized carbons (Fsp3) is 0. The monoisotopic (exact) mass is 368 g/mol. The largest absolute Gasteiger partial charge is 0.214 e. The molecule has 0 aliphatic rings. The van der Waals surface area contributed by atoms with Crippen molar-refractivity contribution in [2.75, 3.05) is 0 Å². The molecule has 3 heteroatoms. The van der Waals surface area contributed by atoms with E-state index in [-0.39, 0.29) is 0 Å². The Bertz CT molecular complexity index is 453. The van der Waals surface area contributed by atoms with Crippen molar-refractivity contribution in [3.8, 4) is 0 Å². The molecule has 0 unspecified atom stereocenters. The van der Waals surface area contributed by atoms with Crippen molar-refractivity contribution in [1.82, 2.24) is 0 Å². The third-order valence-corrected chi connectivity index (χ3v) is 2.10. The molecule has 0 spiro atoms. The van der Waals surface area contributed by atoms with Crippen molar-refractivity contribution < 1.29 is 20.8 Å². The normalized spacial score (nSPS) is 7.68. The second kappa shape index (κ2) is 13.8. The molecule has 0 bridgehead atoms. The van der Waals surface area contributed by atoms with Crippen molar-refractivity contribution in [3.05, 3.63) is 86.0 Å². The molecule has 0 heterocycles. The molecule has 0 radical (unpaired) electrons. The van der Waals surface area contributed by atoms with E-state index in [1.165, 1.54) is 10.8 Å². The van der Waals surface area contributed by atoms with Crippen LogP contribution >= 0.6 is 17.0 Å². The van der Waals surface area contributed by atoms with Gasteiger partial charge in [0.2, 0.25) is 0 Å². The molecule has 3 aromatic rings. The molecule has 98 valence electrons. The summed E-state index contributed by atoms with van der Waals surface area (Å²) in [6.07, 6.45) is 0. The second-order valence-electron chi connectivity index (χ2n) is 3.19. The summed E-state index contributed by atoms with van der Waals surface area (Å²) in [6.45, 7) is 6.00. The van der Waals surface area contributed by atoms with Gasteiger partial charge in [0.1, 0.15) is 0 Å². The van der Waals surface area contributed by atoms with Gasteiger partial charge < -0.3 is 0 Å². The van der Waals surface area contributed by atoms with E-state index in [0.29, 0.717) is 0 Å². The smallest absolute Gasteiger partial charge is 0.0809 e. The van der Waals surface area contributed by atoms with Gasteiger partial charge in [-0.25, -0.2) is 12.1 Å². The molecular formula is C16H16Cl2Zr. The molecule has 0 nitrogen and oxygen atoms in total. The minimum atomic E-state index is -0.826. The van der Waals surface area contributed by atoms with Crippen LogP contribution in [-0.4, -0.2) is 0 Å². The number of fused-ring (bicyclic) bond motifs is 1. The number of benzene rings is 1. The van der Waals surface area contributed by atoms with E-state index in [1.54, 1.807) is 0 Å². The van der Waals surface area contributed by atoms with Gasteiger partial charge in [0.25, 0.3) is 0 Å². The quantitative estimate of drug-likeness (QED) is 0.329. The minimum Gasteiger partial charge on any atom is -0.214 e. The summed E-state index contributed by atoms with van der Waals surface area (Å²) >= 11 is -0.826. The molecule has 3 rings (SSSR count). The molecule has 0 aromatic heterocycles. The van der Waals surface area contributed by atoms with E-state index in [0.717, 1.165) is 0 Å². The standard InChI is InChI=1S/C9H7.C5H5.C2H4.2ClH.Zr/c1-2-5-9-7-3-6-8(9)4-1;1-2-4-5-3-1;1-2;;;/h1-7H;1-5H;1-2H2;2*1H;/q2*-1;;;;+4/p-2. The number of hydrogen-bond acceptors (Lipinski definition) is 0. The van der Waals surface area contributed by atoms with Crippen LogP contribution < -0.4 is 0 Å². The van der Waals surface area contributed by atoms with Gasteiger partial charge in [-0.15, -0.1) is 42.8 Å². The molecule has 0 fully saturated rings. The van der Waals surface area contributed by atoms with Crippen LogP contribution in [0.25, 0.3) is 10.8 Å². The summed E-state index contributed by atoms with van der Waals surface area (Å²) < 4.78 is 0. The first-order chi connectivity index (χ1) is 9.38. The van der Waals surface area contributed by atoms with Crippen molar-refractivity contribution in [1.29, 1.82) is 0 Å². The van der Waals surface area contributed by atoms with Crippen molar-refractivity contribution in [2.45, 2.75) is 0 Å². The van der Waals surface area contributed by atoms with E-state index < -0.39 is 20.8 Å². The predicted octanol–water partition coefficient (Wildman–Crippen LogP) is 6.14.